The Morgan fingerprint density at radius 1 is 1.59 bits per heavy atom. The molecule has 1 atom stereocenters. The van der Waals surface area contributed by atoms with Crippen molar-refractivity contribution >= 4 is 22.9 Å². The Morgan fingerprint density at radius 2 is 2.35 bits per heavy atom. The van der Waals surface area contributed by atoms with Crippen molar-refractivity contribution in [3.05, 3.63) is 39.1 Å². The average molecular weight is 271 g/mol. The predicted molar refractivity (Wildman–Crippen MR) is 70.6 cm³/mol. The van der Waals surface area contributed by atoms with Gasteiger partial charge in [-0.15, -0.1) is 11.3 Å². The number of rotatable bonds is 4. The van der Waals surface area contributed by atoms with E-state index in [0.29, 0.717) is 11.4 Å². The van der Waals surface area contributed by atoms with Gasteiger partial charge in [0.15, 0.2) is 0 Å². The van der Waals surface area contributed by atoms with Crippen molar-refractivity contribution in [3.63, 3.8) is 0 Å². The molecule has 5 heteroatoms. The first kappa shape index (κ1) is 12.6. The van der Waals surface area contributed by atoms with Gasteiger partial charge in [-0.05, 0) is 24.3 Å². The lowest BCUT2D eigenvalue weighted by Crippen LogP contribution is -2.02. The smallest absolute Gasteiger partial charge is 0.108 e. The molecule has 0 amide bonds. The number of imidazole rings is 1. The van der Waals surface area contributed by atoms with E-state index in [1.165, 1.54) is 11.3 Å². The number of aryl methyl sites for hydroxylation is 3. The maximum atomic E-state index is 10.1. The Morgan fingerprint density at radius 3 is 2.88 bits per heavy atom. The first-order valence-electron chi connectivity index (χ1n) is 5.47. The average Bonchev–Trinajstić information content (AvgIpc) is 2.84. The Bertz CT molecular complexity index is 506. The first-order chi connectivity index (χ1) is 8.09. The highest BCUT2D eigenvalue weighted by atomic mass is 35.5. The minimum Gasteiger partial charge on any atom is -0.388 e. The monoisotopic (exact) mass is 270 g/mol. The minimum atomic E-state index is -0.502. The van der Waals surface area contributed by atoms with Crippen LogP contribution in [0.4, 0.5) is 0 Å². The van der Waals surface area contributed by atoms with Crippen LogP contribution >= 0.6 is 22.9 Å². The molecule has 1 N–H and O–H groups in total. The topological polar surface area (TPSA) is 38.1 Å². The molecule has 17 heavy (non-hydrogen) atoms. The van der Waals surface area contributed by atoms with Crippen LogP contribution in [-0.2, 0) is 13.5 Å². The fraction of sp³-hybridized carbons (Fsp3) is 0.417. The zero-order chi connectivity index (χ0) is 12.4. The molecule has 0 saturated heterocycles. The summed E-state index contributed by atoms with van der Waals surface area (Å²) in [6, 6.07) is 0. The molecule has 0 aromatic carbocycles. The van der Waals surface area contributed by atoms with Gasteiger partial charge in [0.1, 0.15) is 5.82 Å². The molecular weight excluding hydrogens is 256 g/mol. The van der Waals surface area contributed by atoms with Crippen molar-refractivity contribution in [1.82, 2.24) is 9.55 Å². The van der Waals surface area contributed by atoms with Gasteiger partial charge in [-0.2, -0.15) is 0 Å². The lowest BCUT2D eigenvalue weighted by Gasteiger charge is -2.09. The molecule has 0 fully saturated rings. The molecule has 0 saturated carbocycles. The summed E-state index contributed by atoms with van der Waals surface area (Å²) in [6.07, 6.45) is 4.56. The summed E-state index contributed by atoms with van der Waals surface area (Å²) in [7, 11) is 1.96. The maximum absolute atomic E-state index is 10.1. The number of aromatic nitrogens is 2. The van der Waals surface area contributed by atoms with E-state index >= 15 is 0 Å². The Labute approximate surface area is 110 Å². The zero-order valence-electron chi connectivity index (χ0n) is 9.85. The van der Waals surface area contributed by atoms with Gasteiger partial charge < -0.3 is 9.67 Å². The van der Waals surface area contributed by atoms with Gasteiger partial charge in [0.2, 0.25) is 0 Å². The number of hydrogen-bond donors (Lipinski definition) is 1. The van der Waals surface area contributed by atoms with Crippen LogP contribution in [0.5, 0.6) is 0 Å². The fourth-order valence-electron chi connectivity index (χ4n) is 1.71. The third-order valence-electron chi connectivity index (χ3n) is 2.79. The number of aliphatic hydroxyl groups excluding tert-OH is 1. The quantitative estimate of drug-likeness (QED) is 0.927. The second kappa shape index (κ2) is 5.21. The Balaban J connectivity index is 2.00. The molecule has 2 aromatic rings. The van der Waals surface area contributed by atoms with Crippen LogP contribution in [0, 0.1) is 6.92 Å². The molecule has 2 rings (SSSR count). The van der Waals surface area contributed by atoms with E-state index in [-0.39, 0.29) is 0 Å². The molecule has 0 aliphatic rings. The summed E-state index contributed by atoms with van der Waals surface area (Å²) < 4.78 is 1.97. The minimum absolute atomic E-state index is 0.502. The van der Waals surface area contributed by atoms with E-state index in [1.807, 2.05) is 30.1 Å². The van der Waals surface area contributed by atoms with Crippen LogP contribution in [0.1, 0.15) is 28.8 Å². The van der Waals surface area contributed by atoms with E-state index in [1.54, 1.807) is 6.20 Å². The van der Waals surface area contributed by atoms with E-state index in [4.69, 9.17) is 11.6 Å². The number of thiophene rings is 1. The number of nitrogens with zero attached hydrogens (tertiary/aromatic N) is 2. The molecule has 1 unspecified atom stereocenters. The molecule has 2 aromatic heterocycles. The Kier molecular flexibility index (Phi) is 3.86. The zero-order valence-corrected chi connectivity index (χ0v) is 11.4. The van der Waals surface area contributed by atoms with Gasteiger partial charge >= 0.3 is 0 Å². The molecule has 0 bridgehead atoms. The van der Waals surface area contributed by atoms with Crippen molar-refractivity contribution in [3.8, 4) is 0 Å². The summed E-state index contributed by atoms with van der Waals surface area (Å²) in [5.74, 6) is 0.980. The second-order valence-electron chi connectivity index (χ2n) is 4.11. The fourth-order valence-corrected chi connectivity index (χ4v) is 3.05. The van der Waals surface area contributed by atoms with Gasteiger partial charge in [-0.1, -0.05) is 11.6 Å². The standard InChI is InChI=1S/C12H15ClN2OS/c1-8-7-17-12(11(8)13)9(16)3-4-10-14-5-6-15(10)2/h5-7,9,16H,3-4H2,1-2H3. The third-order valence-corrected chi connectivity index (χ3v) is 4.61. The van der Waals surface area contributed by atoms with E-state index in [9.17, 15) is 5.11 Å². The number of hydrogen-bond acceptors (Lipinski definition) is 3. The maximum Gasteiger partial charge on any atom is 0.108 e. The van der Waals surface area contributed by atoms with Gasteiger partial charge in [0.25, 0.3) is 0 Å². The summed E-state index contributed by atoms with van der Waals surface area (Å²) in [6.45, 7) is 1.95. The normalized spacial score (nSPS) is 12.9. The van der Waals surface area contributed by atoms with E-state index in [0.717, 1.165) is 22.7 Å². The predicted octanol–water partition coefficient (Wildman–Crippen LogP) is 3.11. The lowest BCUT2D eigenvalue weighted by molar-refractivity contribution is 0.170. The highest BCUT2D eigenvalue weighted by molar-refractivity contribution is 7.10. The summed E-state index contributed by atoms with van der Waals surface area (Å²) in [4.78, 5) is 5.09. The third kappa shape index (κ3) is 2.70. The number of halogens is 1. The van der Waals surface area contributed by atoms with Crippen LogP contribution in [-0.4, -0.2) is 14.7 Å². The molecule has 2 heterocycles. The first-order valence-corrected chi connectivity index (χ1v) is 6.73. The van der Waals surface area contributed by atoms with Crippen LogP contribution in [0.2, 0.25) is 5.02 Å². The molecular formula is C12H15ClN2OS. The summed E-state index contributed by atoms with van der Waals surface area (Å²) in [5.41, 5.74) is 1.03. The lowest BCUT2D eigenvalue weighted by atomic mass is 10.1. The van der Waals surface area contributed by atoms with Crippen LogP contribution in [0.3, 0.4) is 0 Å². The van der Waals surface area contributed by atoms with Crippen molar-refractivity contribution in [2.75, 3.05) is 0 Å². The van der Waals surface area contributed by atoms with Gasteiger partial charge in [-0.25, -0.2) is 4.98 Å². The molecule has 0 aliphatic carbocycles. The Hall–Kier alpha value is -0.840. The largest absolute Gasteiger partial charge is 0.388 e. The highest BCUT2D eigenvalue weighted by Crippen LogP contribution is 2.34. The van der Waals surface area contributed by atoms with Crippen molar-refractivity contribution < 1.29 is 5.11 Å². The van der Waals surface area contributed by atoms with Gasteiger partial charge in [-0.3, -0.25) is 0 Å². The van der Waals surface area contributed by atoms with Crippen LogP contribution < -0.4 is 0 Å². The highest BCUT2D eigenvalue weighted by Gasteiger charge is 2.16. The molecule has 0 spiro atoms. The van der Waals surface area contributed by atoms with E-state index < -0.39 is 6.10 Å². The number of aliphatic hydroxyl groups is 1. The van der Waals surface area contributed by atoms with E-state index in [2.05, 4.69) is 4.98 Å². The van der Waals surface area contributed by atoms with Crippen molar-refractivity contribution in [1.29, 1.82) is 0 Å². The second-order valence-corrected chi connectivity index (χ2v) is 5.39. The summed E-state index contributed by atoms with van der Waals surface area (Å²) >= 11 is 7.64. The van der Waals surface area contributed by atoms with Gasteiger partial charge in [0, 0.05) is 25.9 Å². The molecule has 0 radical (unpaired) electrons. The van der Waals surface area contributed by atoms with Gasteiger partial charge in [0.05, 0.1) is 16.0 Å². The van der Waals surface area contributed by atoms with Crippen molar-refractivity contribution in [2.45, 2.75) is 25.9 Å². The summed E-state index contributed by atoms with van der Waals surface area (Å²) in [5, 5.41) is 12.8. The molecule has 92 valence electrons. The SMILES string of the molecule is Cc1csc(C(O)CCc2nccn2C)c1Cl. The van der Waals surface area contributed by atoms with Crippen LogP contribution in [0.15, 0.2) is 17.8 Å². The molecule has 3 nitrogen and oxygen atoms in total. The van der Waals surface area contributed by atoms with Crippen molar-refractivity contribution in [2.24, 2.45) is 7.05 Å². The molecule has 0 aliphatic heterocycles. The van der Waals surface area contributed by atoms with Crippen LogP contribution in [0.25, 0.3) is 0 Å².